The summed E-state index contributed by atoms with van der Waals surface area (Å²) >= 11 is 0. The molecule has 0 aliphatic carbocycles. The van der Waals surface area contributed by atoms with Gasteiger partial charge >= 0.3 is 0 Å². The first-order valence-corrected chi connectivity index (χ1v) is 9.56. The topological polar surface area (TPSA) is 50.2 Å². The van der Waals surface area contributed by atoms with Gasteiger partial charge in [-0.05, 0) is 57.8 Å². The standard InChI is InChI=1S/C20H28N4O.2ClH/c1-13(2)24-17-8-5-4-7-16(17)22-19(24)18-9-6-10-23(18)20(25)14(3)15-11-21-12-15;;/h4-5,7-8,13-15,18,21H,6,9-12H2,1-3H3;2*1H. The van der Waals surface area contributed by atoms with Gasteiger partial charge in [0.15, 0.2) is 0 Å². The van der Waals surface area contributed by atoms with Gasteiger partial charge in [-0.1, -0.05) is 19.1 Å². The number of likely N-dealkylation sites (tertiary alicyclic amines) is 1. The third-order valence-corrected chi connectivity index (χ3v) is 5.88. The van der Waals surface area contributed by atoms with Gasteiger partial charge in [0.05, 0.1) is 17.1 Å². The van der Waals surface area contributed by atoms with Crippen LogP contribution in [0.1, 0.15) is 51.5 Å². The first-order valence-electron chi connectivity index (χ1n) is 9.56. The Labute approximate surface area is 173 Å². The van der Waals surface area contributed by atoms with Gasteiger partial charge in [0, 0.05) is 18.5 Å². The van der Waals surface area contributed by atoms with E-state index in [0.29, 0.717) is 17.9 Å². The van der Waals surface area contributed by atoms with Crippen LogP contribution in [-0.4, -0.2) is 40.0 Å². The minimum Gasteiger partial charge on any atom is -0.332 e. The van der Waals surface area contributed by atoms with E-state index in [9.17, 15) is 4.79 Å². The van der Waals surface area contributed by atoms with E-state index in [1.807, 2.05) is 6.07 Å². The van der Waals surface area contributed by atoms with E-state index in [0.717, 1.165) is 43.8 Å². The number of hydrogen-bond acceptors (Lipinski definition) is 3. The molecule has 2 fully saturated rings. The number of hydrogen-bond donors (Lipinski definition) is 1. The molecular formula is C20H30Cl2N4O. The molecule has 0 spiro atoms. The molecule has 4 rings (SSSR count). The maximum Gasteiger partial charge on any atom is 0.226 e. The minimum atomic E-state index is 0. The molecule has 1 amide bonds. The van der Waals surface area contributed by atoms with E-state index in [2.05, 4.69) is 53.8 Å². The van der Waals surface area contributed by atoms with Crippen LogP contribution in [0.5, 0.6) is 0 Å². The smallest absolute Gasteiger partial charge is 0.226 e. The van der Waals surface area contributed by atoms with Gasteiger partial charge in [-0.2, -0.15) is 0 Å². The largest absolute Gasteiger partial charge is 0.332 e. The lowest BCUT2D eigenvalue weighted by Crippen LogP contribution is -2.50. The Bertz CT molecular complexity index is 787. The fraction of sp³-hybridized carbons (Fsp3) is 0.600. The third-order valence-electron chi connectivity index (χ3n) is 5.88. The molecule has 2 aliphatic rings. The number of amides is 1. The van der Waals surface area contributed by atoms with Crippen molar-refractivity contribution in [1.82, 2.24) is 19.8 Å². The Morgan fingerprint density at radius 1 is 1.19 bits per heavy atom. The number of carbonyl (C=O) groups excluding carboxylic acids is 1. The number of nitrogens with one attached hydrogen (secondary N) is 1. The molecule has 1 aromatic carbocycles. The molecule has 5 nitrogen and oxygen atoms in total. The van der Waals surface area contributed by atoms with E-state index < -0.39 is 0 Å². The molecule has 2 aliphatic heterocycles. The molecule has 2 aromatic rings. The molecule has 3 heterocycles. The summed E-state index contributed by atoms with van der Waals surface area (Å²) in [5, 5.41) is 3.29. The Morgan fingerprint density at radius 3 is 2.52 bits per heavy atom. The van der Waals surface area contributed by atoms with Crippen molar-refractivity contribution in [3.8, 4) is 0 Å². The van der Waals surface area contributed by atoms with Crippen molar-refractivity contribution in [3.63, 3.8) is 0 Å². The lowest BCUT2D eigenvalue weighted by molar-refractivity contribution is -0.138. The summed E-state index contributed by atoms with van der Waals surface area (Å²) in [5.74, 6) is 1.94. The Kier molecular flexibility index (Phi) is 7.17. The van der Waals surface area contributed by atoms with Crippen molar-refractivity contribution in [2.24, 2.45) is 11.8 Å². The number of benzene rings is 1. The number of aromatic nitrogens is 2. The van der Waals surface area contributed by atoms with E-state index in [-0.39, 0.29) is 36.8 Å². The summed E-state index contributed by atoms with van der Waals surface area (Å²) in [7, 11) is 0. The zero-order chi connectivity index (χ0) is 17.6. The quantitative estimate of drug-likeness (QED) is 0.825. The summed E-state index contributed by atoms with van der Waals surface area (Å²) < 4.78 is 2.32. The highest BCUT2D eigenvalue weighted by molar-refractivity contribution is 5.85. The molecule has 27 heavy (non-hydrogen) atoms. The monoisotopic (exact) mass is 412 g/mol. The fourth-order valence-electron chi connectivity index (χ4n) is 4.27. The van der Waals surface area contributed by atoms with Gasteiger partial charge in [-0.3, -0.25) is 4.79 Å². The zero-order valence-electron chi connectivity index (χ0n) is 16.2. The maximum atomic E-state index is 13.1. The SMILES string of the molecule is CC(C(=O)N1CCCC1c1nc2ccccc2n1C(C)C)C1CNC1.Cl.Cl. The molecule has 2 atom stereocenters. The maximum absolute atomic E-state index is 13.1. The predicted octanol–water partition coefficient (Wildman–Crippen LogP) is 3.98. The number of nitrogens with zero attached hydrogens (tertiary/aromatic N) is 3. The van der Waals surface area contributed by atoms with Crippen LogP contribution in [0.2, 0.25) is 0 Å². The van der Waals surface area contributed by atoms with Crippen LogP contribution in [0.3, 0.4) is 0 Å². The van der Waals surface area contributed by atoms with E-state index in [1.165, 1.54) is 5.52 Å². The summed E-state index contributed by atoms with van der Waals surface area (Å²) in [4.78, 5) is 20.2. The molecule has 0 radical (unpaired) electrons. The van der Waals surface area contributed by atoms with Crippen molar-refractivity contribution in [1.29, 1.82) is 0 Å². The van der Waals surface area contributed by atoms with Crippen LogP contribution in [0.25, 0.3) is 11.0 Å². The van der Waals surface area contributed by atoms with Crippen molar-refractivity contribution in [2.75, 3.05) is 19.6 Å². The van der Waals surface area contributed by atoms with Crippen LogP contribution >= 0.6 is 24.8 Å². The average Bonchev–Trinajstić information content (AvgIpc) is 3.16. The molecular weight excluding hydrogens is 383 g/mol. The van der Waals surface area contributed by atoms with Crippen LogP contribution in [0, 0.1) is 11.8 Å². The molecule has 0 saturated carbocycles. The average molecular weight is 413 g/mol. The van der Waals surface area contributed by atoms with Gasteiger partial charge in [-0.25, -0.2) is 4.98 Å². The molecule has 150 valence electrons. The molecule has 1 N–H and O–H groups in total. The first-order chi connectivity index (χ1) is 12.1. The fourth-order valence-corrected chi connectivity index (χ4v) is 4.27. The zero-order valence-corrected chi connectivity index (χ0v) is 17.9. The number of para-hydroxylation sites is 2. The van der Waals surface area contributed by atoms with Crippen molar-refractivity contribution >= 4 is 41.8 Å². The Morgan fingerprint density at radius 2 is 1.89 bits per heavy atom. The highest BCUT2D eigenvalue weighted by Crippen LogP contribution is 2.36. The van der Waals surface area contributed by atoms with Crippen LogP contribution < -0.4 is 5.32 Å². The van der Waals surface area contributed by atoms with Crippen molar-refractivity contribution < 1.29 is 4.79 Å². The highest BCUT2D eigenvalue weighted by atomic mass is 35.5. The van der Waals surface area contributed by atoms with Crippen molar-refractivity contribution in [2.45, 2.75) is 45.7 Å². The van der Waals surface area contributed by atoms with E-state index >= 15 is 0 Å². The second-order valence-corrected chi connectivity index (χ2v) is 7.82. The second kappa shape index (κ2) is 8.80. The normalized spacial score (nSPS) is 20.9. The molecule has 2 unspecified atom stereocenters. The summed E-state index contributed by atoms with van der Waals surface area (Å²) in [6.07, 6.45) is 2.07. The predicted molar refractivity (Wildman–Crippen MR) is 114 cm³/mol. The number of carbonyl (C=O) groups is 1. The molecule has 0 bridgehead atoms. The van der Waals surface area contributed by atoms with Gasteiger partial charge in [-0.15, -0.1) is 24.8 Å². The Hall–Kier alpha value is -1.30. The number of halogens is 2. The van der Waals surface area contributed by atoms with Gasteiger partial charge in [0.1, 0.15) is 5.82 Å². The second-order valence-electron chi connectivity index (χ2n) is 7.82. The summed E-state index contributed by atoms with van der Waals surface area (Å²) in [6.45, 7) is 9.28. The Balaban J connectivity index is 0.00000131. The summed E-state index contributed by atoms with van der Waals surface area (Å²) in [6, 6.07) is 8.74. The number of fused-ring (bicyclic) bond motifs is 1. The lowest BCUT2D eigenvalue weighted by Gasteiger charge is -2.35. The van der Waals surface area contributed by atoms with E-state index in [4.69, 9.17) is 4.98 Å². The first kappa shape index (κ1) is 22.0. The molecule has 2 saturated heterocycles. The van der Waals surface area contributed by atoms with Crippen LogP contribution in [0.15, 0.2) is 24.3 Å². The van der Waals surface area contributed by atoms with Gasteiger partial charge in [0.25, 0.3) is 0 Å². The molecule has 7 heteroatoms. The highest BCUT2D eigenvalue weighted by Gasteiger charge is 2.39. The van der Waals surface area contributed by atoms with Crippen LogP contribution in [0.4, 0.5) is 0 Å². The third kappa shape index (κ3) is 3.82. The minimum absolute atomic E-state index is 0. The number of imidazole rings is 1. The van der Waals surface area contributed by atoms with Gasteiger partial charge < -0.3 is 14.8 Å². The van der Waals surface area contributed by atoms with Crippen LogP contribution in [-0.2, 0) is 4.79 Å². The van der Waals surface area contributed by atoms with Crippen molar-refractivity contribution in [3.05, 3.63) is 30.1 Å². The number of rotatable bonds is 4. The van der Waals surface area contributed by atoms with E-state index in [1.54, 1.807) is 0 Å². The summed E-state index contributed by atoms with van der Waals surface area (Å²) in [5.41, 5.74) is 2.20. The molecule has 1 aromatic heterocycles. The lowest BCUT2D eigenvalue weighted by atomic mass is 9.88. The van der Waals surface area contributed by atoms with Gasteiger partial charge in [0.2, 0.25) is 5.91 Å².